The summed E-state index contributed by atoms with van der Waals surface area (Å²) >= 11 is 0. The van der Waals surface area contributed by atoms with Gasteiger partial charge in [0.05, 0.1) is 0 Å². The van der Waals surface area contributed by atoms with E-state index in [1.165, 1.54) is 5.56 Å². The zero-order valence-electron chi connectivity index (χ0n) is 17.2. The van der Waals surface area contributed by atoms with Gasteiger partial charge in [0.15, 0.2) is 23.0 Å². The van der Waals surface area contributed by atoms with Gasteiger partial charge >= 0.3 is 0 Å². The molecule has 4 bridgehead atoms. The fourth-order valence-corrected chi connectivity index (χ4v) is 3.98. The summed E-state index contributed by atoms with van der Waals surface area (Å²) in [6, 6.07) is 21.9. The van der Waals surface area contributed by atoms with E-state index in [1.54, 1.807) is 12.1 Å². The van der Waals surface area contributed by atoms with Gasteiger partial charge in [0.1, 0.15) is 0 Å². The number of benzene rings is 3. The van der Waals surface area contributed by atoms with E-state index in [1.807, 2.05) is 30.3 Å². The van der Waals surface area contributed by atoms with Crippen LogP contribution in [-0.4, -0.2) is 16.3 Å². The summed E-state index contributed by atoms with van der Waals surface area (Å²) < 4.78 is 5.88. The van der Waals surface area contributed by atoms with Crippen LogP contribution in [0.3, 0.4) is 0 Å². The van der Waals surface area contributed by atoms with E-state index in [2.05, 4.69) is 29.6 Å². The highest BCUT2D eigenvalue weighted by molar-refractivity contribution is 5.49. The number of hydrogen-bond acceptors (Lipinski definition) is 4. The first kappa shape index (κ1) is 20.3. The Balaban J connectivity index is 1.53. The molecule has 1 atom stereocenters. The van der Waals surface area contributed by atoms with Crippen molar-refractivity contribution in [3.8, 4) is 23.0 Å². The Kier molecular flexibility index (Phi) is 6.55. The number of rotatable bonds is 3. The van der Waals surface area contributed by atoms with Gasteiger partial charge in [0.25, 0.3) is 0 Å². The van der Waals surface area contributed by atoms with Crippen molar-refractivity contribution in [1.29, 1.82) is 0 Å². The Hall–Kier alpha value is -2.98. The minimum atomic E-state index is 0.0781. The summed E-state index contributed by atoms with van der Waals surface area (Å²) in [7, 11) is 0. The third kappa shape index (κ3) is 5.33. The molecule has 1 aliphatic rings. The van der Waals surface area contributed by atoms with Crippen LogP contribution in [0.25, 0.3) is 0 Å². The summed E-state index contributed by atoms with van der Waals surface area (Å²) in [6.45, 7) is 0.872. The van der Waals surface area contributed by atoms with E-state index < -0.39 is 0 Å². The summed E-state index contributed by atoms with van der Waals surface area (Å²) in [5.74, 6) is 0.931. The Labute approximate surface area is 178 Å². The van der Waals surface area contributed by atoms with Crippen LogP contribution in [-0.2, 0) is 19.4 Å². The number of hydrogen-bond donors (Lipinski definition) is 3. The molecule has 0 fully saturated rings. The Morgan fingerprint density at radius 2 is 1.43 bits per heavy atom. The van der Waals surface area contributed by atoms with Crippen molar-refractivity contribution in [1.82, 2.24) is 5.32 Å². The van der Waals surface area contributed by atoms with Crippen LogP contribution in [0.5, 0.6) is 23.0 Å². The van der Waals surface area contributed by atoms with Gasteiger partial charge in [0.2, 0.25) is 0 Å². The molecule has 1 unspecified atom stereocenters. The zero-order valence-corrected chi connectivity index (χ0v) is 17.2. The molecule has 0 spiro atoms. The molecule has 4 heteroatoms. The number of aromatic hydroxyl groups is 2. The highest BCUT2D eigenvalue weighted by atomic mass is 16.5. The summed E-state index contributed by atoms with van der Waals surface area (Å²) in [5, 5.41) is 24.1. The molecule has 4 nitrogen and oxygen atoms in total. The molecule has 1 aliphatic heterocycles. The lowest BCUT2D eigenvalue weighted by molar-refractivity contribution is 0.383. The maximum atomic E-state index is 10.2. The van der Waals surface area contributed by atoms with E-state index in [0.29, 0.717) is 17.5 Å². The molecular weight excluding hydrogens is 374 g/mol. The largest absolute Gasteiger partial charge is 0.504 e. The lowest BCUT2D eigenvalue weighted by Crippen LogP contribution is -2.29. The fourth-order valence-electron chi connectivity index (χ4n) is 3.98. The molecule has 0 radical (unpaired) electrons. The van der Waals surface area contributed by atoms with Gasteiger partial charge in [-0.2, -0.15) is 0 Å². The summed E-state index contributed by atoms with van der Waals surface area (Å²) in [6.07, 6.45) is 6.21. The highest BCUT2D eigenvalue weighted by Crippen LogP contribution is 2.37. The molecule has 1 heterocycles. The standard InChI is InChI=1S/C26H29NO3/c28-23-14-11-19-6-4-5-9-22(27-18-21-7-2-1-3-8-21)13-10-20-12-15-24(29)26(17-20)30-25(23)16-19/h1-3,7-8,11-12,14-17,22,27-29H,4-6,9-10,13,18H2. The average molecular weight is 404 g/mol. The van der Waals surface area contributed by atoms with Crippen molar-refractivity contribution in [2.45, 2.75) is 51.1 Å². The smallest absolute Gasteiger partial charge is 0.169 e. The second-order valence-electron chi connectivity index (χ2n) is 8.05. The number of nitrogens with one attached hydrogen (secondary N) is 1. The molecule has 156 valence electrons. The third-order valence-electron chi connectivity index (χ3n) is 5.76. The maximum absolute atomic E-state index is 10.2. The molecule has 0 saturated heterocycles. The molecule has 0 aliphatic carbocycles. The number of phenols is 2. The number of aryl methyl sites for hydroxylation is 2. The van der Waals surface area contributed by atoms with E-state index >= 15 is 0 Å². The zero-order chi connectivity index (χ0) is 20.8. The van der Waals surface area contributed by atoms with Gasteiger partial charge in [-0.05, 0) is 73.1 Å². The van der Waals surface area contributed by atoms with Gasteiger partial charge in [-0.3, -0.25) is 0 Å². The Morgan fingerprint density at radius 3 is 2.13 bits per heavy atom. The van der Waals surface area contributed by atoms with Crippen LogP contribution in [0.1, 0.15) is 42.4 Å². The van der Waals surface area contributed by atoms with Gasteiger partial charge in [-0.1, -0.05) is 48.9 Å². The highest BCUT2D eigenvalue weighted by Gasteiger charge is 2.14. The van der Waals surface area contributed by atoms with E-state index in [4.69, 9.17) is 4.74 Å². The normalized spacial score (nSPS) is 17.0. The number of phenolic OH excluding ortho intramolecular Hbond substituents is 2. The van der Waals surface area contributed by atoms with Gasteiger partial charge in [0, 0.05) is 12.6 Å². The summed E-state index contributed by atoms with van der Waals surface area (Å²) in [4.78, 5) is 0. The van der Waals surface area contributed by atoms with E-state index in [9.17, 15) is 10.2 Å². The number of ether oxygens (including phenoxy) is 1. The van der Waals surface area contributed by atoms with Crippen LogP contribution in [0, 0.1) is 0 Å². The predicted molar refractivity (Wildman–Crippen MR) is 119 cm³/mol. The van der Waals surface area contributed by atoms with Crippen LogP contribution in [0.2, 0.25) is 0 Å². The first-order valence-corrected chi connectivity index (χ1v) is 10.8. The van der Waals surface area contributed by atoms with Crippen molar-refractivity contribution >= 4 is 0 Å². The minimum absolute atomic E-state index is 0.0781. The molecule has 3 aromatic carbocycles. The van der Waals surface area contributed by atoms with Crippen molar-refractivity contribution in [2.24, 2.45) is 0 Å². The minimum Gasteiger partial charge on any atom is -0.504 e. The van der Waals surface area contributed by atoms with Gasteiger partial charge in [-0.25, -0.2) is 0 Å². The third-order valence-corrected chi connectivity index (χ3v) is 5.76. The van der Waals surface area contributed by atoms with Gasteiger partial charge < -0.3 is 20.3 Å². The van der Waals surface area contributed by atoms with Crippen LogP contribution < -0.4 is 10.1 Å². The first-order valence-electron chi connectivity index (χ1n) is 10.8. The topological polar surface area (TPSA) is 61.7 Å². The van der Waals surface area contributed by atoms with Crippen molar-refractivity contribution in [3.63, 3.8) is 0 Å². The van der Waals surface area contributed by atoms with Gasteiger partial charge in [-0.15, -0.1) is 0 Å². The Morgan fingerprint density at radius 1 is 0.767 bits per heavy atom. The second kappa shape index (κ2) is 9.68. The van der Waals surface area contributed by atoms with Crippen molar-refractivity contribution in [3.05, 3.63) is 83.4 Å². The molecule has 0 aromatic heterocycles. The average Bonchev–Trinajstić information content (AvgIpc) is 2.76. The monoisotopic (exact) mass is 403 g/mol. The molecule has 3 aromatic rings. The molecule has 3 N–H and O–H groups in total. The second-order valence-corrected chi connectivity index (χ2v) is 8.05. The maximum Gasteiger partial charge on any atom is 0.169 e. The van der Waals surface area contributed by atoms with Crippen LogP contribution in [0.15, 0.2) is 66.7 Å². The van der Waals surface area contributed by atoms with Crippen molar-refractivity contribution in [2.75, 3.05) is 0 Å². The lowest BCUT2D eigenvalue weighted by atomic mass is 9.98. The predicted octanol–water partition coefficient (Wildman–Crippen LogP) is 5.71. The molecule has 0 saturated carbocycles. The fraction of sp³-hybridized carbons (Fsp3) is 0.308. The van der Waals surface area contributed by atoms with Crippen LogP contribution >= 0.6 is 0 Å². The first-order chi connectivity index (χ1) is 14.7. The SMILES string of the molecule is Oc1ccc2cc1Oc1cc(ccc1O)CCC(NCc1ccccc1)CCCC2. The Bertz CT molecular complexity index is 971. The lowest BCUT2D eigenvalue weighted by Gasteiger charge is -2.20. The number of fused-ring (bicyclic) bond motifs is 4. The molecule has 4 rings (SSSR count). The molecule has 30 heavy (non-hydrogen) atoms. The van der Waals surface area contributed by atoms with Crippen LogP contribution in [0.4, 0.5) is 0 Å². The molecule has 0 amide bonds. The van der Waals surface area contributed by atoms with Crippen molar-refractivity contribution < 1.29 is 14.9 Å². The quantitative estimate of drug-likeness (QED) is 0.524. The molecular formula is C26H29NO3. The summed E-state index contributed by atoms with van der Waals surface area (Å²) in [5.41, 5.74) is 3.54. The van der Waals surface area contributed by atoms with E-state index in [-0.39, 0.29) is 11.5 Å². The van der Waals surface area contributed by atoms with E-state index in [0.717, 1.165) is 56.2 Å².